The molecule has 1 N–H and O–H groups in total. The molecule has 0 bridgehead atoms. The minimum Gasteiger partial charge on any atom is -0.492 e. The predicted octanol–water partition coefficient (Wildman–Crippen LogP) is 8.26. The van der Waals surface area contributed by atoms with Gasteiger partial charge in [-0.2, -0.15) is 0 Å². The van der Waals surface area contributed by atoms with Crippen molar-refractivity contribution in [3.8, 4) is 11.5 Å². The normalized spacial score (nSPS) is 15.9. The third-order valence-corrected chi connectivity index (χ3v) is 9.23. The maximum absolute atomic E-state index is 14.5. The molecular weight excluding hydrogens is 674 g/mol. The topological polar surface area (TPSA) is 80.3 Å². The molecule has 5 rings (SSSR count). The maximum Gasteiger partial charge on any atom is 0.256 e. The number of hydrogen-bond acceptors (Lipinski definition) is 6. The molecule has 0 aliphatic carbocycles. The van der Waals surface area contributed by atoms with E-state index >= 15 is 0 Å². The molecule has 0 aromatic heterocycles. The first kappa shape index (κ1) is 38.9. The standard InChI is InChI=1S/C43H52ClN3O5/c1-43(2,3)30-47-36-23-22-33(44)27-35(36)40(52-38(42(47)49)28-39(48)46(4)29-32-17-10-7-11-18-32)34-20-12-21-37(41(34)50-5)51-26-14-25-45-24-13-19-31-15-8-6-9-16-31/h6-12,15-18,20-23,27,38,40,45H,13-14,19,24-26,28-30H2,1-5H3. The minimum atomic E-state index is -1.06. The van der Waals surface area contributed by atoms with Crippen LogP contribution in [0, 0.1) is 5.41 Å². The number of nitrogens with zero attached hydrogens (tertiary/aromatic N) is 2. The van der Waals surface area contributed by atoms with E-state index in [0.29, 0.717) is 53.0 Å². The Kier molecular flexibility index (Phi) is 13.8. The van der Waals surface area contributed by atoms with Crippen LogP contribution in [0.25, 0.3) is 0 Å². The number of hydrogen-bond donors (Lipinski definition) is 1. The highest BCUT2D eigenvalue weighted by Gasteiger charge is 2.40. The molecule has 276 valence electrons. The first-order valence-corrected chi connectivity index (χ1v) is 18.5. The Morgan fingerprint density at radius 3 is 2.29 bits per heavy atom. The lowest BCUT2D eigenvalue weighted by atomic mass is 9.94. The van der Waals surface area contributed by atoms with E-state index in [4.69, 9.17) is 25.8 Å². The Morgan fingerprint density at radius 2 is 1.60 bits per heavy atom. The Hall–Kier alpha value is -4.37. The lowest BCUT2D eigenvalue weighted by molar-refractivity contribution is -0.142. The molecule has 2 atom stereocenters. The van der Waals surface area contributed by atoms with E-state index in [1.165, 1.54) is 5.56 Å². The first-order valence-electron chi connectivity index (χ1n) is 18.1. The van der Waals surface area contributed by atoms with Crippen molar-refractivity contribution >= 4 is 29.1 Å². The van der Waals surface area contributed by atoms with Gasteiger partial charge in [0.05, 0.1) is 20.1 Å². The molecule has 1 aliphatic heterocycles. The summed E-state index contributed by atoms with van der Waals surface area (Å²) in [5, 5.41) is 4.02. The van der Waals surface area contributed by atoms with Gasteiger partial charge in [0.2, 0.25) is 5.91 Å². The summed E-state index contributed by atoms with van der Waals surface area (Å²) in [6.07, 6.45) is 0.965. The zero-order valence-electron chi connectivity index (χ0n) is 31.1. The van der Waals surface area contributed by atoms with E-state index in [2.05, 4.69) is 50.4 Å². The first-order chi connectivity index (χ1) is 25.0. The molecule has 52 heavy (non-hydrogen) atoms. The second-order valence-electron chi connectivity index (χ2n) is 14.6. The highest BCUT2D eigenvalue weighted by Crippen LogP contribution is 2.45. The average Bonchev–Trinajstić information content (AvgIpc) is 3.23. The molecule has 0 radical (unpaired) electrons. The molecule has 9 heteroatoms. The van der Waals surface area contributed by atoms with Crippen molar-refractivity contribution in [1.82, 2.24) is 10.2 Å². The second kappa shape index (κ2) is 18.4. The quantitative estimate of drug-likeness (QED) is 0.117. The van der Waals surface area contributed by atoms with Crippen LogP contribution in [0.3, 0.4) is 0 Å². The number of nitrogens with one attached hydrogen (secondary N) is 1. The van der Waals surface area contributed by atoms with Crippen molar-refractivity contribution in [2.24, 2.45) is 5.41 Å². The number of halogens is 1. The predicted molar refractivity (Wildman–Crippen MR) is 208 cm³/mol. The Bertz CT molecular complexity index is 1760. The van der Waals surface area contributed by atoms with Crippen molar-refractivity contribution in [3.63, 3.8) is 0 Å². The monoisotopic (exact) mass is 725 g/mol. The number of fused-ring (bicyclic) bond motifs is 1. The number of methoxy groups -OCH3 is 1. The minimum absolute atomic E-state index is 0.127. The smallest absolute Gasteiger partial charge is 0.256 e. The van der Waals surface area contributed by atoms with Gasteiger partial charge in [-0.15, -0.1) is 0 Å². The van der Waals surface area contributed by atoms with Crippen LogP contribution in [0.2, 0.25) is 5.02 Å². The van der Waals surface area contributed by atoms with Gasteiger partial charge in [-0.05, 0) is 73.2 Å². The zero-order valence-corrected chi connectivity index (χ0v) is 31.8. The van der Waals surface area contributed by atoms with Gasteiger partial charge in [-0.3, -0.25) is 9.59 Å². The third-order valence-electron chi connectivity index (χ3n) is 9.00. The van der Waals surface area contributed by atoms with Crippen molar-refractivity contribution in [2.45, 2.75) is 65.2 Å². The summed E-state index contributed by atoms with van der Waals surface area (Å²) in [5.74, 6) is 0.620. The van der Waals surface area contributed by atoms with Crippen LogP contribution in [0.15, 0.2) is 97.1 Å². The van der Waals surface area contributed by atoms with Crippen LogP contribution in [0.4, 0.5) is 5.69 Å². The fourth-order valence-electron chi connectivity index (χ4n) is 6.48. The van der Waals surface area contributed by atoms with Crippen LogP contribution < -0.4 is 19.7 Å². The van der Waals surface area contributed by atoms with E-state index in [9.17, 15) is 9.59 Å². The summed E-state index contributed by atoms with van der Waals surface area (Å²) in [6, 6.07) is 31.5. The molecule has 1 aliphatic rings. The van der Waals surface area contributed by atoms with E-state index in [0.717, 1.165) is 37.9 Å². The molecule has 4 aromatic rings. The third kappa shape index (κ3) is 10.6. The molecule has 2 amide bonds. The van der Waals surface area contributed by atoms with Gasteiger partial charge in [0, 0.05) is 42.0 Å². The lowest BCUT2D eigenvalue weighted by Gasteiger charge is -2.31. The Morgan fingerprint density at radius 1 is 0.904 bits per heavy atom. The number of carbonyl (C=O) groups is 2. The van der Waals surface area contributed by atoms with Crippen molar-refractivity contribution in [1.29, 1.82) is 0 Å². The van der Waals surface area contributed by atoms with Crippen LogP contribution >= 0.6 is 11.6 Å². The summed E-state index contributed by atoms with van der Waals surface area (Å²) >= 11 is 6.62. The molecule has 4 aromatic carbocycles. The van der Waals surface area contributed by atoms with Gasteiger partial charge in [0.25, 0.3) is 5.91 Å². The summed E-state index contributed by atoms with van der Waals surface area (Å²) in [7, 11) is 3.35. The SMILES string of the molecule is COc1c(OCCCNCCCc2ccccc2)cccc1C1OC(CC(=O)N(C)Cc2ccccc2)C(=O)N(CC(C)(C)C)c2ccc(Cl)cc21. The zero-order chi connectivity index (χ0) is 37.1. The summed E-state index contributed by atoms with van der Waals surface area (Å²) in [5.41, 5.74) is 4.19. The van der Waals surface area contributed by atoms with Crippen LogP contribution in [-0.2, 0) is 27.3 Å². The maximum atomic E-state index is 14.5. The lowest BCUT2D eigenvalue weighted by Crippen LogP contribution is -2.45. The molecular formula is C43H52ClN3O5. The molecule has 0 saturated carbocycles. The average molecular weight is 726 g/mol. The van der Waals surface area contributed by atoms with Crippen molar-refractivity contribution < 1.29 is 23.8 Å². The second-order valence-corrected chi connectivity index (χ2v) is 15.0. The van der Waals surface area contributed by atoms with E-state index < -0.39 is 12.2 Å². The number of benzene rings is 4. The van der Waals surface area contributed by atoms with Gasteiger partial charge in [-0.1, -0.05) is 105 Å². The molecule has 1 heterocycles. The fourth-order valence-corrected chi connectivity index (χ4v) is 6.66. The number of anilines is 1. The molecule has 0 fully saturated rings. The molecule has 0 saturated heterocycles. The highest BCUT2D eigenvalue weighted by molar-refractivity contribution is 6.30. The molecule has 8 nitrogen and oxygen atoms in total. The molecule has 0 spiro atoms. The number of amides is 2. The van der Waals surface area contributed by atoms with Gasteiger partial charge in [-0.25, -0.2) is 0 Å². The van der Waals surface area contributed by atoms with Crippen LogP contribution in [0.1, 0.15) is 68.4 Å². The number of aryl methyl sites for hydroxylation is 1. The fraction of sp³-hybridized carbons (Fsp3) is 0.395. The van der Waals surface area contributed by atoms with Crippen LogP contribution in [-0.4, -0.2) is 63.2 Å². The van der Waals surface area contributed by atoms with Crippen LogP contribution in [0.5, 0.6) is 11.5 Å². The van der Waals surface area contributed by atoms with Gasteiger partial charge in [0.15, 0.2) is 11.5 Å². The van der Waals surface area contributed by atoms with Gasteiger partial charge in [0.1, 0.15) is 12.2 Å². The van der Waals surface area contributed by atoms with E-state index in [-0.39, 0.29) is 23.7 Å². The summed E-state index contributed by atoms with van der Waals surface area (Å²) in [6.45, 7) is 9.33. The van der Waals surface area contributed by atoms with Gasteiger partial charge < -0.3 is 29.3 Å². The summed E-state index contributed by atoms with van der Waals surface area (Å²) < 4.78 is 19.1. The van der Waals surface area contributed by atoms with E-state index in [1.807, 2.05) is 66.7 Å². The molecule has 2 unspecified atom stereocenters. The Labute approximate surface area is 314 Å². The number of carbonyl (C=O) groups excluding carboxylic acids is 2. The van der Waals surface area contributed by atoms with Gasteiger partial charge >= 0.3 is 0 Å². The number of ether oxygens (including phenoxy) is 3. The number of rotatable bonds is 16. The number of para-hydroxylation sites is 1. The van der Waals surface area contributed by atoms with E-state index in [1.54, 1.807) is 30.0 Å². The summed E-state index contributed by atoms with van der Waals surface area (Å²) in [4.78, 5) is 31.6. The largest absolute Gasteiger partial charge is 0.492 e. The highest BCUT2D eigenvalue weighted by atomic mass is 35.5. The van der Waals surface area contributed by atoms with Crippen molar-refractivity contribution in [2.75, 3.05) is 45.3 Å². The Balaban J connectivity index is 1.36. The van der Waals surface area contributed by atoms with Crippen molar-refractivity contribution in [3.05, 3.63) is 124 Å².